The molecule has 1 aromatic rings. The van der Waals surface area contributed by atoms with Crippen molar-refractivity contribution in [3.05, 3.63) is 29.3 Å². The average Bonchev–Trinajstić information content (AvgIpc) is 2.16. The van der Waals surface area contributed by atoms with Gasteiger partial charge in [0.2, 0.25) is 0 Å². The zero-order valence-electron chi connectivity index (χ0n) is 7.66. The van der Waals surface area contributed by atoms with Crippen LogP contribution in [0.4, 0.5) is 0 Å². The summed E-state index contributed by atoms with van der Waals surface area (Å²) >= 11 is 7.71. The number of thioether (sulfide) groups is 1. The van der Waals surface area contributed by atoms with Crippen LogP contribution in [-0.4, -0.2) is 11.8 Å². The smallest absolute Gasteiger partial charge is 0.0541 e. The molecule has 0 heterocycles. The van der Waals surface area contributed by atoms with Gasteiger partial charge in [0.05, 0.1) is 5.02 Å². The van der Waals surface area contributed by atoms with Crippen molar-refractivity contribution < 1.29 is 0 Å². The Balaban J connectivity index is 2.50. The Morgan fingerprint density at radius 1 is 1.46 bits per heavy atom. The van der Waals surface area contributed by atoms with Crippen LogP contribution in [0, 0.1) is 0 Å². The van der Waals surface area contributed by atoms with Crippen LogP contribution in [0.5, 0.6) is 0 Å². The lowest BCUT2D eigenvalue weighted by molar-refractivity contribution is 0.725. The first-order valence-electron chi connectivity index (χ1n) is 4.37. The Morgan fingerprint density at radius 2 is 2.15 bits per heavy atom. The number of hydrogen-bond donors (Lipinski definition) is 1. The number of nitrogens with two attached hydrogens (primary N) is 1. The van der Waals surface area contributed by atoms with Crippen LogP contribution in [-0.2, 0) is 0 Å². The molecular weight excluding hydrogens is 202 g/mol. The van der Waals surface area contributed by atoms with E-state index < -0.39 is 0 Å². The molecule has 0 bridgehead atoms. The molecule has 1 aromatic carbocycles. The molecule has 13 heavy (non-hydrogen) atoms. The van der Waals surface area contributed by atoms with Crippen LogP contribution in [0.15, 0.2) is 29.2 Å². The Morgan fingerprint density at radius 3 is 2.77 bits per heavy atom. The maximum Gasteiger partial charge on any atom is 0.0541 e. The van der Waals surface area contributed by atoms with E-state index in [0.29, 0.717) is 0 Å². The molecule has 0 fully saturated rings. The first-order chi connectivity index (χ1) is 6.24. The molecule has 72 valence electrons. The molecule has 0 amide bonds. The fourth-order valence-corrected chi connectivity index (χ4v) is 2.19. The molecule has 1 rings (SSSR count). The average molecular weight is 216 g/mol. The second-order valence-corrected chi connectivity index (χ2v) is 4.38. The van der Waals surface area contributed by atoms with Crippen molar-refractivity contribution in [2.45, 2.75) is 24.3 Å². The minimum Gasteiger partial charge on any atom is -0.327 e. The molecule has 0 unspecified atom stereocenters. The summed E-state index contributed by atoms with van der Waals surface area (Å²) in [6, 6.07) is 8.12. The standard InChI is InChI=1S/C10H14ClNS/c1-2-8(12)7-13-10-6-4-3-5-9(10)11/h3-6,8H,2,7,12H2,1H3/t8-/m1/s1. The normalized spacial score (nSPS) is 12.8. The van der Waals surface area contributed by atoms with Gasteiger partial charge in [-0.2, -0.15) is 0 Å². The van der Waals surface area contributed by atoms with Crippen LogP contribution >= 0.6 is 23.4 Å². The summed E-state index contributed by atoms with van der Waals surface area (Å²) in [6.07, 6.45) is 1.01. The Bertz CT molecular complexity index is 265. The van der Waals surface area contributed by atoms with Gasteiger partial charge in [0, 0.05) is 16.7 Å². The summed E-state index contributed by atoms with van der Waals surface area (Å²) in [7, 11) is 0. The second-order valence-electron chi connectivity index (χ2n) is 2.91. The molecule has 0 saturated heterocycles. The molecule has 0 aliphatic heterocycles. The molecule has 0 saturated carbocycles. The van der Waals surface area contributed by atoms with Gasteiger partial charge >= 0.3 is 0 Å². The summed E-state index contributed by atoms with van der Waals surface area (Å²) in [5.41, 5.74) is 5.81. The van der Waals surface area contributed by atoms with Gasteiger partial charge in [-0.1, -0.05) is 30.7 Å². The zero-order valence-corrected chi connectivity index (χ0v) is 9.24. The third-order valence-corrected chi connectivity index (χ3v) is 3.52. The van der Waals surface area contributed by atoms with E-state index in [9.17, 15) is 0 Å². The molecule has 0 radical (unpaired) electrons. The SMILES string of the molecule is CC[C@@H](N)CSc1ccccc1Cl. The van der Waals surface area contributed by atoms with Crippen LogP contribution in [0.3, 0.4) is 0 Å². The number of benzene rings is 1. The van der Waals surface area contributed by atoms with Gasteiger partial charge in [-0.25, -0.2) is 0 Å². The maximum absolute atomic E-state index is 5.99. The van der Waals surface area contributed by atoms with E-state index in [1.165, 1.54) is 0 Å². The second kappa shape index (κ2) is 5.53. The molecular formula is C10H14ClNS. The molecule has 0 aliphatic carbocycles. The van der Waals surface area contributed by atoms with Crippen LogP contribution in [0.1, 0.15) is 13.3 Å². The van der Waals surface area contributed by atoms with Crippen molar-refractivity contribution >= 4 is 23.4 Å². The first kappa shape index (κ1) is 10.9. The maximum atomic E-state index is 5.99. The highest BCUT2D eigenvalue weighted by Crippen LogP contribution is 2.26. The van der Waals surface area contributed by atoms with E-state index in [2.05, 4.69) is 6.92 Å². The third kappa shape index (κ3) is 3.59. The summed E-state index contributed by atoms with van der Waals surface area (Å²) in [5.74, 6) is 0.931. The summed E-state index contributed by atoms with van der Waals surface area (Å²) in [5, 5.41) is 0.816. The predicted molar refractivity (Wildman–Crippen MR) is 60.4 cm³/mol. The molecule has 1 atom stereocenters. The van der Waals surface area contributed by atoms with Crippen molar-refractivity contribution in [2.75, 3.05) is 5.75 Å². The zero-order chi connectivity index (χ0) is 9.68. The molecule has 1 nitrogen and oxygen atoms in total. The molecule has 0 spiro atoms. The van der Waals surface area contributed by atoms with Gasteiger partial charge in [0.1, 0.15) is 0 Å². The topological polar surface area (TPSA) is 26.0 Å². The summed E-state index contributed by atoms with van der Waals surface area (Å²) in [4.78, 5) is 1.12. The lowest BCUT2D eigenvalue weighted by Gasteiger charge is -2.08. The lowest BCUT2D eigenvalue weighted by Crippen LogP contribution is -2.21. The van der Waals surface area contributed by atoms with Crippen molar-refractivity contribution in [1.29, 1.82) is 0 Å². The fraction of sp³-hybridized carbons (Fsp3) is 0.400. The van der Waals surface area contributed by atoms with Gasteiger partial charge < -0.3 is 5.73 Å². The van der Waals surface area contributed by atoms with Crippen molar-refractivity contribution in [2.24, 2.45) is 5.73 Å². The Labute approximate surface area is 88.7 Å². The molecule has 0 aliphatic rings. The van der Waals surface area contributed by atoms with Crippen molar-refractivity contribution in [1.82, 2.24) is 0 Å². The van der Waals surface area contributed by atoms with Crippen LogP contribution < -0.4 is 5.73 Å². The predicted octanol–water partition coefficient (Wildman–Crippen LogP) is 3.17. The lowest BCUT2D eigenvalue weighted by atomic mass is 10.3. The van der Waals surface area contributed by atoms with Gasteiger partial charge in [-0.15, -0.1) is 11.8 Å². The highest BCUT2D eigenvalue weighted by Gasteiger charge is 2.02. The largest absolute Gasteiger partial charge is 0.327 e. The van der Waals surface area contributed by atoms with Crippen molar-refractivity contribution in [3.63, 3.8) is 0 Å². The van der Waals surface area contributed by atoms with E-state index in [4.69, 9.17) is 17.3 Å². The van der Waals surface area contributed by atoms with Crippen LogP contribution in [0.2, 0.25) is 5.02 Å². The quantitative estimate of drug-likeness (QED) is 0.781. The monoisotopic (exact) mass is 215 g/mol. The molecule has 0 aromatic heterocycles. The van der Waals surface area contributed by atoms with Gasteiger partial charge in [-0.05, 0) is 18.6 Å². The summed E-state index contributed by atoms with van der Waals surface area (Å²) < 4.78 is 0. The van der Waals surface area contributed by atoms with Crippen LogP contribution in [0.25, 0.3) is 0 Å². The summed E-state index contributed by atoms with van der Waals surface area (Å²) in [6.45, 7) is 2.10. The first-order valence-corrected chi connectivity index (χ1v) is 5.73. The number of halogens is 1. The van der Waals surface area contributed by atoms with E-state index in [0.717, 1.165) is 22.1 Å². The molecule has 2 N–H and O–H groups in total. The Kier molecular flexibility index (Phi) is 4.64. The van der Waals surface area contributed by atoms with Crippen molar-refractivity contribution in [3.8, 4) is 0 Å². The van der Waals surface area contributed by atoms with E-state index >= 15 is 0 Å². The number of rotatable bonds is 4. The van der Waals surface area contributed by atoms with E-state index in [-0.39, 0.29) is 6.04 Å². The highest BCUT2D eigenvalue weighted by molar-refractivity contribution is 7.99. The third-order valence-electron chi connectivity index (χ3n) is 1.81. The fourth-order valence-electron chi connectivity index (χ4n) is 0.876. The highest BCUT2D eigenvalue weighted by atomic mass is 35.5. The van der Waals surface area contributed by atoms with E-state index in [1.54, 1.807) is 11.8 Å². The Hall–Kier alpha value is -0.180. The van der Waals surface area contributed by atoms with Gasteiger partial charge in [-0.3, -0.25) is 0 Å². The van der Waals surface area contributed by atoms with E-state index in [1.807, 2.05) is 24.3 Å². The van der Waals surface area contributed by atoms with Gasteiger partial charge in [0.15, 0.2) is 0 Å². The number of hydrogen-bond acceptors (Lipinski definition) is 2. The minimum atomic E-state index is 0.265. The van der Waals surface area contributed by atoms with Gasteiger partial charge in [0.25, 0.3) is 0 Å². The minimum absolute atomic E-state index is 0.265. The molecule has 3 heteroatoms.